The minimum absolute atomic E-state index is 0.0980. The minimum Gasteiger partial charge on any atom is -0.469 e. The van der Waals surface area contributed by atoms with Crippen LogP contribution >= 0.6 is 15.9 Å². The van der Waals surface area contributed by atoms with E-state index in [2.05, 4.69) is 28.1 Å². The molecule has 1 aromatic rings. The number of hydrogen-bond donors (Lipinski definition) is 0. The molecule has 31 heavy (non-hydrogen) atoms. The van der Waals surface area contributed by atoms with Gasteiger partial charge in [-0.1, -0.05) is 28.1 Å². The van der Waals surface area contributed by atoms with Crippen molar-refractivity contribution in [2.24, 2.45) is 11.8 Å². The fourth-order valence-electron chi connectivity index (χ4n) is 4.67. The van der Waals surface area contributed by atoms with Crippen molar-refractivity contribution >= 4 is 33.6 Å². The molecule has 0 aromatic heterocycles. The highest BCUT2D eigenvalue weighted by atomic mass is 79.9. The number of nitro benzene ring substituents is 1. The van der Waals surface area contributed by atoms with Crippen LogP contribution in [0.25, 0.3) is 0 Å². The van der Waals surface area contributed by atoms with Gasteiger partial charge in [0.05, 0.1) is 23.7 Å². The Labute approximate surface area is 187 Å². The molecule has 9 heteroatoms. The first-order chi connectivity index (χ1) is 14.9. The number of nitro groups is 1. The second-order valence-electron chi connectivity index (χ2n) is 7.87. The van der Waals surface area contributed by atoms with Gasteiger partial charge in [0.2, 0.25) is 0 Å². The van der Waals surface area contributed by atoms with E-state index >= 15 is 0 Å². The molecule has 5 atom stereocenters. The lowest BCUT2D eigenvalue weighted by Crippen LogP contribution is -2.39. The highest BCUT2D eigenvalue weighted by Gasteiger charge is 2.54. The van der Waals surface area contributed by atoms with Gasteiger partial charge in [0.25, 0.3) is 5.69 Å². The molecule has 4 rings (SSSR count). The first-order valence-corrected chi connectivity index (χ1v) is 10.9. The van der Waals surface area contributed by atoms with E-state index < -0.39 is 17.0 Å². The van der Waals surface area contributed by atoms with Crippen molar-refractivity contribution < 1.29 is 28.7 Å². The van der Waals surface area contributed by atoms with Crippen LogP contribution in [0.3, 0.4) is 0 Å². The lowest BCUT2D eigenvalue weighted by molar-refractivity contribution is -0.384. The molecule has 1 saturated heterocycles. The molecule has 3 aliphatic rings. The molecule has 1 aliphatic carbocycles. The zero-order chi connectivity index (χ0) is 22.1. The van der Waals surface area contributed by atoms with Crippen LogP contribution in [0.4, 0.5) is 5.69 Å². The Morgan fingerprint density at radius 1 is 1.19 bits per heavy atom. The lowest BCUT2D eigenvalue weighted by Gasteiger charge is -2.33. The van der Waals surface area contributed by atoms with Gasteiger partial charge in [-0.05, 0) is 48.8 Å². The normalized spacial score (nSPS) is 28.8. The van der Waals surface area contributed by atoms with Crippen molar-refractivity contribution in [3.8, 4) is 0 Å². The highest BCUT2D eigenvalue weighted by Crippen LogP contribution is 2.51. The Hall–Kier alpha value is -2.52. The van der Waals surface area contributed by atoms with Gasteiger partial charge in [-0.2, -0.15) is 0 Å². The van der Waals surface area contributed by atoms with Crippen LogP contribution in [0.2, 0.25) is 0 Å². The number of halogens is 1. The molecule has 0 spiro atoms. The van der Waals surface area contributed by atoms with E-state index in [0.717, 1.165) is 22.9 Å². The second kappa shape index (κ2) is 8.92. The number of nitrogens with zero attached hydrogens (tertiary/aromatic N) is 1. The van der Waals surface area contributed by atoms with E-state index in [4.69, 9.17) is 14.2 Å². The third kappa shape index (κ3) is 4.16. The number of carbonyl (C=O) groups excluding carboxylic acids is 2. The molecule has 0 unspecified atom stereocenters. The van der Waals surface area contributed by atoms with E-state index in [0.29, 0.717) is 6.42 Å². The van der Waals surface area contributed by atoms with Crippen LogP contribution in [0.1, 0.15) is 36.0 Å². The highest BCUT2D eigenvalue weighted by molar-refractivity contribution is 9.11. The zero-order valence-electron chi connectivity index (χ0n) is 16.9. The van der Waals surface area contributed by atoms with E-state index in [-0.39, 0.29) is 47.7 Å². The molecular formula is C22H22BrNO7. The molecular weight excluding hydrogens is 470 g/mol. The summed E-state index contributed by atoms with van der Waals surface area (Å²) in [5, 5.41) is 10.9. The van der Waals surface area contributed by atoms with Gasteiger partial charge in [-0.15, -0.1) is 0 Å². The number of benzene rings is 1. The summed E-state index contributed by atoms with van der Waals surface area (Å²) >= 11 is 3.64. The summed E-state index contributed by atoms with van der Waals surface area (Å²) < 4.78 is 17.7. The largest absolute Gasteiger partial charge is 0.469 e. The Balaban J connectivity index is 1.59. The molecule has 2 aliphatic heterocycles. The lowest BCUT2D eigenvalue weighted by atomic mass is 9.78. The summed E-state index contributed by atoms with van der Waals surface area (Å²) in [4.78, 5) is 34.9. The van der Waals surface area contributed by atoms with Gasteiger partial charge >= 0.3 is 11.9 Å². The van der Waals surface area contributed by atoms with Crippen molar-refractivity contribution in [1.82, 2.24) is 0 Å². The molecule has 8 nitrogen and oxygen atoms in total. The number of allylic oxidation sites excluding steroid dienone is 2. The first-order valence-electron chi connectivity index (χ1n) is 10.1. The summed E-state index contributed by atoms with van der Waals surface area (Å²) in [7, 11) is 1.35. The van der Waals surface area contributed by atoms with Crippen molar-refractivity contribution in [1.29, 1.82) is 0 Å². The first kappa shape index (κ1) is 21.7. The smallest absolute Gasteiger partial charge is 0.338 e. The summed E-state index contributed by atoms with van der Waals surface area (Å²) in [5.41, 5.74) is 1.05. The SMILES string of the molecule is COC(=O)CCC1=C(Br)[C@@H](OC(=O)c2ccc([N+](=O)[O-])cc2)[C@H]2O[C@@H]1[C@@H]1CC=CC[C@@H]12. The van der Waals surface area contributed by atoms with Crippen LogP contribution in [0, 0.1) is 22.0 Å². The van der Waals surface area contributed by atoms with Gasteiger partial charge in [0, 0.05) is 23.0 Å². The number of fused-ring (bicyclic) bond motifs is 5. The third-order valence-electron chi connectivity index (χ3n) is 6.22. The number of methoxy groups -OCH3 is 1. The number of carbonyl (C=O) groups is 2. The summed E-state index contributed by atoms with van der Waals surface area (Å²) in [5.74, 6) is -0.431. The standard InChI is InChI=1S/C22H22BrNO7/c1-29-17(25)11-10-16-18(23)21(20-15-5-3-2-4-14(15)19(16)30-20)31-22(26)12-6-8-13(9-7-12)24(27)28/h2-3,6-9,14-15,19-21H,4-5,10-11H2,1H3/t14-,15+,19-,20+,21-/m1/s1. The molecule has 0 radical (unpaired) electrons. The van der Waals surface area contributed by atoms with Gasteiger partial charge in [-0.25, -0.2) is 4.79 Å². The average molecular weight is 492 g/mol. The van der Waals surface area contributed by atoms with Crippen molar-refractivity contribution in [2.75, 3.05) is 7.11 Å². The molecule has 2 heterocycles. The maximum atomic E-state index is 12.8. The average Bonchev–Trinajstić information content (AvgIpc) is 3.12. The Morgan fingerprint density at radius 2 is 1.87 bits per heavy atom. The summed E-state index contributed by atoms with van der Waals surface area (Å²) in [6.07, 6.45) is 5.57. The second-order valence-corrected chi connectivity index (χ2v) is 8.73. The molecule has 2 bridgehead atoms. The predicted molar refractivity (Wildman–Crippen MR) is 114 cm³/mol. The Bertz CT molecular complexity index is 955. The maximum absolute atomic E-state index is 12.8. The fraction of sp³-hybridized carbons (Fsp3) is 0.455. The van der Waals surface area contributed by atoms with E-state index in [1.54, 1.807) is 0 Å². The molecule has 0 N–H and O–H groups in total. The summed E-state index contributed by atoms with van der Waals surface area (Å²) in [6.45, 7) is 0. The van der Waals surface area contributed by atoms with Gasteiger partial charge < -0.3 is 14.2 Å². The molecule has 1 fully saturated rings. The predicted octanol–water partition coefficient (Wildman–Crippen LogP) is 4.09. The number of rotatable bonds is 6. The Morgan fingerprint density at radius 3 is 2.52 bits per heavy atom. The molecule has 0 saturated carbocycles. The van der Waals surface area contributed by atoms with Crippen LogP contribution in [-0.4, -0.2) is 42.3 Å². The number of hydrogen-bond acceptors (Lipinski definition) is 7. The molecule has 164 valence electrons. The fourth-order valence-corrected chi connectivity index (χ4v) is 5.45. The van der Waals surface area contributed by atoms with E-state index in [1.165, 1.54) is 31.4 Å². The van der Waals surface area contributed by atoms with Gasteiger partial charge in [0.1, 0.15) is 6.10 Å². The van der Waals surface area contributed by atoms with Crippen LogP contribution in [0.15, 0.2) is 46.5 Å². The van der Waals surface area contributed by atoms with Crippen LogP contribution in [0.5, 0.6) is 0 Å². The minimum atomic E-state index is -0.645. The summed E-state index contributed by atoms with van der Waals surface area (Å²) in [6, 6.07) is 5.30. The molecule has 1 aromatic carbocycles. The Kier molecular flexibility index (Phi) is 6.24. The van der Waals surface area contributed by atoms with Crippen LogP contribution in [-0.2, 0) is 19.0 Å². The van der Waals surface area contributed by atoms with Gasteiger partial charge in [0.15, 0.2) is 6.10 Å². The third-order valence-corrected chi connectivity index (χ3v) is 7.18. The number of ether oxygens (including phenoxy) is 3. The maximum Gasteiger partial charge on any atom is 0.338 e. The van der Waals surface area contributed by atoms with Gasteiger partial charge in [-0.3, -0.25) is 14.9 Å². The topological polar surface area (TPSA) is 105 Å². The number of esters is 2. The van der Waals surface area contributed by atoms with E-state index in [9.17, 15) is 19.7 Å². The van der Waals surface area contributed by atoms with E-state index in [1.807, 2.05) is 0 Å². The monoisotopic (exact) mass is 491 g/mol. The quantitative estimate of drug-likeness (QED) is 0.255. The van der Waals surface area contributed by atoms with Crippen molar-refractivity contribution in [3.63, 3.8) is 0 Å². The zero-order valence-corrected chi connectivity index (χ0v) is 18.4. The van der Waals surface area contributed by atoms with Crippen LogP contribution < -0.4 is 0 Å². The number of non-ortho nitro benzene ring substituents is 1. The van der Waals surface area contributed by atoms with Crippen molar-refractivity contribution in [2.45, 2.75) is 44.0 Å². The molecule has 0 amide bonds. The van der Waals surface area contributed by atoms with Crippen molar-refractivity contribution in [3.05, 3.63) is 62.2 Å².